The maximum absolute atomic E-state index is 11.9. The number of aliphatic carboxylic acids is 1. The van der Waals surface area contributed by atoms with E-state index in [1.165, 1.54) is 6.92 Å². The van der Waals surface area contributed by atoms with Crippen molar-refractivity contribution >= 4 is 55.6 Å². The van der Waals surface area contributed by atoms with Gasteiger partial charge in [0.05, 0.1) is 0 Å². The van der Waals surface area contributed by atoms with Gasteiger partial charge in [0, 0.05) is 47.1 Å². The molecule has 1 amide bonds. The van der Waals surface area contributed by atoms with Crippen LogP contribution < -0.4 is 5.32 Å². The van der Waals surface area contributed by atoms with Crippen LogP contribution in [0.15, 0.2) is 28.9 Å². The van der Waals surface area contributed by atoms with E-state index in [1.807, 2.05) is 18.2 Å². The first-order valence-corrected chi connectivity index (χ1v) is 9.05. The second kappa shape index (κ2) is 8.34. The summed E-state index contributed by atoms with van der Waals surface area (Å²) in [6, 6.07) is 4.69. The largest absolute Gasteiger partial charge is 0.480 e. The van der Waals surface area contributed by atoms with Crippen LogP contribution in [-0.4, -0.2) is 38.9 Å². The second-order valence-electron chi connectivity index (χ2n) is 5.26. The normalized spacial score (nSPS) is 12.1. The van der Waals surface area contributed by atoms with E-state index in [9.17, 15) is 19.5 Å². The zero-order valence-electron chi connectivity index (χ0n) is 13.0. The number of carboxylic acid groups (broad SMARTS) is 1. The van der Waals surface area contributed by atoms with Crippen molar-refractivity contribution < 1.29 is 19.5 Å². The quantitative estimate of drug-likeness (QED) is 0.648. The molecule has 6 nitrogen and oxygen atoms in total. The molecule has 2 rings (SSSR count). The summed E-state index contributed by atoms with van der Waals surface area (Å²) in [4.78, 5) is 37.3. The summed E-state index contributed by atoms with van der Waals surface area (Å²) >= 11 is 4.44. The number of benzene rings is 1. The molecule has 8 heteroatoms. The summed E-state index contributed by atoms with van der Waals surface area (Å²) in [5, 5.41) is 12.7. The van der Waals surface area contributed by atoms with Crippen molar-refractivity contribution in [3.05, 3.63) is 34.4 Å². The number of hydrogen-bond donors (Lipinski definition) is 3. The van der Waals surface area contributed by atoms with Crippen molar-refractivity contribution in [2.24, 2.45) is 0 Å². The van der Waals surface area contributed by atoms with Crippen LogP contribution in [0, 0.1) is 0 Å². The molecule has 0 saturated carbocycles. The maximum Gasteiger partial charge on any atom is 0.326 e. The lowest BCUT2D eigenvalue weighted by Crippen LogP contribution is -2.42. The first-order chi connectivity index (χ1) is 11.4. The third kappa shape index (κ3) is 5.10. The van der Waals surface area contributed by atoms with Crippen LogP contribution >= 0.6 is 27.7 Å². The molecule has 0 saturated heterocycles. The highest BCUT2D eigenvalue weighted by atomic mass is 79.9. The number of thioether (sulfide) groups is 1. The number of carbonyl (C=O) groups excluding carboxylic acids is 2. The zero-order valence-corrected chi connectivity index (χ0v) is 15.4. The van der Waals surface area contributed by atoms with Crippen LogP contribution in [0.1, 0.15) is 18.9 Å². The van der Waals surface area contributed by atoms with E-state index in [1.54, 1.807) is 6.20 Å². The van der Waals surface area contributed by atoms with Crippen molar-refractivity contribution in [2.45, 2.75) is 25.8 Å². The predicted molar refractivity (Wildman–Crippen MR) is 97.0 cm³/mol. The first-order valence-electron chi connectivity index (χ1n) is 7.28. The minimum Gasteiger partial charge on any atom is -0.480 e. The van der Waals surface area contributed by atoms with Crippen LogP contribution in [0.4, 0.5) is 0 Å². The molecule has 0 spiro atoms. The summed E-state index contributed by atoms with van der Waals surface area (Å²) < 4.78 is 0.896. The molecule has 0 bridgehead atoms. The average molecular weight is 413 g/mol. The molecule has 0 fully saturated rings. The molecule has 24 heavy (non-hydrogen) atoms. The van der Waals surface area contributed by atoms with Crippen molar-refractivity contribution in [2.75, 3.05) is 5.75 Å². The molecular weight excluding hydrogens is 396 g/mol. The predicted octanol–water partition coefficient (Wildman–Crippen LogP) is 2.71. The number of aromatic amines is 1. The first kappa shape index (κ1) is 18.5. The molecule has 1 atom stereocenters. The van der Waals surface area contributed by atoms with E-state index >= 15 is 0 Å². The van der Waals surface area contributed by atoms with Gasteiger partial charge in [0.15, 0.2) is 5.12 Å². The number of amides is 1. The number of carboxylic acids is 1. The topological polar surface area (TPSA) is 99.3 Å². The van der Waals surface area contributed by atoms with Gasteiger partial charge in [-0.1, -0.05) is 27.7 Å². The lowest BCUT2D eigenvalue weighted by atomic mass is 10.0. The van der Waals surface area contributed by atoms with E-state index in [0.717, 1.165) is 32.7 Å². The van der Waals surface area contributed by atoms with Gasteiger partial charge in [-0.25, -0.2) is 4.79 Å². The summed E-state index contributed by atoms with van der Waals surface area (Å²) in [6.07, 6.45) is 2.04. The molecule has 1 aromatic carbocycles. The van der Waals surface area contributed by atoms with Crippen LogP contribution in [0.2, 0.25) is 0 Å². The Bertz CT molecular complexity index is 775. The number of carbonyl (C=O) groups is 3. The summed E-state index contributed by atoms with van der Waals surface area (Å²) in [5.74, 6) is -1.13. The van der Waals surface area contributed by atoms with Gasteiger partial charge in [-0.05, 0) is 23.8 Å². The van der Waals surface area contributed by atoms with E-state index < -0.39 is 12.0 Å². The lowest BCUT2D eigenvalue weighted by molar-refractivity contribution is -0.141. The number of hydrogen-bond acceptors (Lipinski definition) is 4. The Hall–Kier alpha value is -1.80. The second-order valence-corrected chi connectivity index (χ2v) is 7.44. The van der Waals surface area contributed by atoms with Gasteiger partial charge in [0.1, 0.15) is 6.04 Å². The number of fused-ring (bicyclic) bond motifs is 1. The number of nitrogens with one attached hydrogen (secondary N) is 2. The fourth-order valence-electron chi connectivity index (χ4n) is 2.29. The van der Waals surface area contributed by atoms with Gasteiger partial charge in [0.2, 0.25) is 5.91 Å². The Morgan fingerprint density at radius 3 is 2.79 bits per heavy atom. The highest BCUT2D eigenvalue weighted by molar-refractivity contribution is 9.10. The molecular formula is C16H17BrN2O4S. The minimum atomic E-state index is -1.09. The van der Waals surface area contributed by atoms with Crippen molar-refractivity contribution in [1.29, 1.82) is 0 Å². The van der Waals surface area contributed by atoms with Gasteiger partial charge >= 0.3 is 5.97 Å². The molecule has 3 N–H and O–H groups in total. The fraction of sp³-hybridized carbons (Fsp3) is 0.312. The lowest BCUT2D eigenvalue weighted by Gasteiger charge is -2.14. The minimum absolute atomic E-state index is 0.0676. The van der Waals surface area contributed by atoms with Crippen LogP contribution in [0.5, 0.6) is 0 Å². The summed E-state index contributed by atoms with van der Waals surface area (Å²) in [5.41, 5.74) is 1.72. The van der Waals surface area contributed by atoms with Crippen LogP contribution in [0.25, 0.3) is 10.9 Å². The molecule has 0 aliphatic carbocycles. The molecule has 2 aromatic rings. The molecule has 1 heterocycles. The third-order valence-corrected chi connectivity index (χ3v) is 4.73. The fourth-order valence-corrected chi connectivity index (χ4v) is 3.23. The Labute approximate surface area is 151 Å². The average Bonchev–Trinajstić information content (AvgIpc) is 2.88. The van der Waals surface area contributed by atoms with Crippen molar-refractivity contribution in [3.8, 4) is 0 Å². The monoisotopic (exact) mass is 412 g/mol. The standard InChI is InChI=1S/C16H17BrN2O4S/c1-9(20)24-5-4-15(21)19-14(16(22)23)6-10-8-18-13-3-2-11(17)7-12(10)13/h2-3,7-8,14,18H,4-6H2,1H3,(H,19,21)(H,22,23). The molecule has 0 aliphatic heterocycles. The highest BCUT2D eigenvalue weighted by Gasteiger charge is 2.21. The number of aromatic nitrogens is 1. The maximum atomic E-state index is 11.9. The number of rotatable bonds is 7. The van der Waals surface area contributed by atoms with E-state index in [4.69, 9.17) is 0 Å². The van der Waals surface area contributed by atoms with E-state index in [0.29, 0.717) is 5.75 Å². The third-order valence-electron chi connectivity index (χ3n) is 3.42. The summed E-state index contributed by atoms with van der Waals surface area (Å²) in [6.45, 7) is 1.43. The Balaban J connectivity index is 2.05. The summed E-state index contributed by atoms with van der Waals surface area (Å²) in [7, 11) is 0. The molecule has 1 unspecified atom stereocenters. The van der Waals surface area contributed by atoms with E-state index in [-0.39, 0.29) is 23.9 Å². The van der Waals surface area contributed by atoms with Gasteiger partial charge in [-0.2, -0.15) is 0 Å². The molecule has 0 aliphatic rings. The van der Waals surface area contributed by atoms with Gasteiger partial charge in [-0.15, -0.1) is 0 Å². The molecule has 128 valence electrons. The van der Waals surface area contributed by atoms with Gasteiger partial charge in [0.25, 0.3) is 0 Å². The Kier molecular flexibility index (Phi) is 6.44. The van der Waals surface area contributed by atoms with Gasteiger partial charge in [-0.3, -0.25) is 9.59 Å². The number of H-pyrrole nitrogens is 1. The molecule has 1 aromatic heterocycles. The van der Waals surface area contributed by atoms with Crippen molar-refractivity contribution in [1.82, 2.24) is 10.3 Å². The zero-order chi connectivity index (χ0) is 17.7. The van der Waals surface area contributed by atoms with Gasteiger partial charge < -0.3 is 15.4 Å². The SMILES string of the molecule is CC(=O)SCCC(=O)NC(Cc1c[nH]c2ccc(Br)cc12)C(=O)O. The Morgan fingerprint density at radius 2 is 2.12 bits per heavy atom. The van der Waals surface area contributed by atoms with Crippen LogP contribution in [-0.2, 0) is 20.8 Å². The van der Waals surface area contributed by atoms with Crippen LogP contribution in [0.3, 0.4) is 0 Å². The van der Waals surface area contributed by atoms with Crippen molar-refractivity contribution in [3.63, 3.8) is 0 Å². The Morgan fingerprint density at radius 1 is 1.38 bits per heavy atom. The highest BCUT2D eigenvalue weighted by Crippen LogP contribution is 2.23. The smallest absolute Gasteiger partial charge is 0.326 e. The van der Waals surface area contributed by atoms with E-state index in [2.05, 4.69) is 26.2 Å². The number of halogens is 1. The molecule has 0 radical (unpaired) electrons.